The number of nitrogens with one attached hydrogen (secondary N) is 1. The molecule has 1 fully saturated rings. The molecule has 1 N–H and O–H groups in total. The number of aryl methyl sites for hydroxylation is 1. The van der Waals surface area contributed by atoms with E-state index in [2.05, 4.69) is 10.3 Å². The van der Waals surface area contributed by atoms with Crippen LogP contribution in [-0.4, -0.2) is 29.5 Å². The molecule has 0 spiro atoms. The second kappa shape index (κ2) is 11.1. The van der Waals surface area contributed by atoms with E-state index >= 15 is 0 Å². The molecule has 1 aromatic carbocycles. The maximum absolute atomic E-state index is 12.2. The molecule has 6 nitrogen and oxygen atoms in total. The smallest absolute Gasteiger partial charge is 0.312 e. The summed E-state index contributed by atoms with van der Waals surface area (Å²) in [5, 5.41) is 5.53. The maximum Gasteiger partial charge on any atom is 0.312 e. The number of carbonyl (C=O) groups excluding carboxylic acids is 2. The zero-order valence-corrected chi connectivity index (χ0v) is 18.5. The van der Waals surface area contributed by atoms with Gasteiger partial charge in [0.05, 0.1) is 12.1 Å². The average Bonchev–Trinajstić information content (AvgIpc) is 3.19. The lowest BCUT2D eigenvalue weighted by Gasteiger charge is -2.22. The predicted molar refractivity (Wildman–Crippen MR) is 116 cm³/mol. The Balaban J connectivity index is 1.38. The Hall–Kier alpha value is -2.41. The van der Waals surface area contributed by atoms with Crippen molar-refractivity contribution in [1.29, 1.82) is 0 Å². The number of esters is 1. The monoisotopic (exact) mass is 430 g/mol. The number of aromatic nitrogens is 1. The summed E-state index contributed by atoms with van der Waals surface area (Å²) in [5.74, 6) is 0.636. The van der Waals surface area contributed by atoms with Gasteiger partial charge in [-0.05, 0) is 44.7 Å². The van der Waals surface area contributed by atoms with Crippen LogP contribution >= 0.6 is 11.3 Å². The molecule has 1 aliphatic rings. The third-order valence-electron chi connectivity index (χ3n) is 5.28. The molecular weight excluding hydrogens is 400 g/mol. The topological polar surface area (TPSA) is 77.5 Å². The Bertz CT molecular complexity index is 828. The fraction of sp³-hybridized carbons (Fsp3) is 0.522. The summed E-state index contributed by atoms with van der Waals surface area (Å²) in [7, 11) is 0. The van der Waals surface area contributed by atoms with Gasteiger partial charge in [-0.1, -0.05) is 37.0 Å². The van der Waals surface area contributed by atoms with Gasteiger partial charge in [0, 0.05) is 11.9 Å². The molecule has 1 saturated carbocycles. The number of hydrogen-bond acceptors (Lipinski definition) is 6. The Labute approximate surface area is 182 Å². The summed E-state index contributed by atoms with van der Waals surface area (Å²) >= 11 is 1.44. The number of ether oxygens (including phenoxy) is 2. The third-order valence-corrected chi connectivity index (χ3v) is 6.15. The lowest BCUT2D eigenvalue weighted by Crippen LogP contribution is -2.39. The largest absolute Gasteiger partial charge is 0.486 e. The second-order valence-electron chi connectivity index (χ2n) is 7.89. The fourth-order valence-electron chi connectivity index (χ4n) is 3.50. The van der Waals surface area contributed by atoms with Crippen LogP contribution in [0.4, 0.5) is 0 Å². The first-order valence-electron chi connectivity index (χ1n) is 10.6. The highest BCUT2D eigenvalue weighted by molar-refractivity contribution is 7.09. The number of nitrogens with zero attached hydrogens (tertiary/aromatic N) is 1. The van der Waals surface area contributed by atoms with Gasteiger partial charge in [-0.25, -0.2) is 4.98 Å². The van der Waals surface area contributed by atoms with Gasteiger partial charge in [0.1, 0.15) is 17.4 Å². The highest BCUT2D eigenvalue weighted by atomic mass is 32.1. The standard InChI is InChI=1S/C23H30N2O4S/c1-16-8-10-20(11-9-16)28-14-21-25-19(15-30-21)12-22(26)29-17(2)23(27)24-13-18-6-4-3-5-7-18/h8-11,15,17-18H,3-7,12-14H2,1-2H3,(H,24,27). The molecule has 1 atom stereocenters. The maximum atomic E-state index is 12.2. The Morgan fingerprint density at radius 3 is 2.67 bits per heavy atom. The van der Waals surface area contributed by atoms with Crippen molar-refractivity contribution in [1.82, 2.24) is 10.3 Å². The molecule has 0 aliphatic heterocycles. The zero-order valence-electron chi connectivity index (χ0n) is 17.7. The van der Waals surface area contributed by atoms with Crippen LogP contribution in [0.15, 0.2) is 29.6 Å². The SMILES string of the molecule is Cc1ccc(OCc2nc(CC(=O)OC(C)C(=O)NCC3CCCCC3)cs2)cc1. The van der Waals surface area contributed by atoms with Gasteiger partial charge in [-0.15, -0.1) is 11.3 Å². The lowest BCUT2D eigenvalue weighted by molar-refractivity contribution is -0.154. The number of thiazole rings is 1. The van der Waals surface area contributed by atoms with Gasteiger partial charge in [0.2, 0.25) is 0 Å². The van der Waals surface area contributed by atoms with Gasteiger partial charge in [0.25, 0.3) is 5.91 Å². The van der Waals surface area contributed by atoms with E-state index in [0.717, 1.165) is 23.6 Å². The van der Waals surface area contributed by atoms with Crippen molar-refractivity contribution < 1.29 is 19.1 Å². The summed E-state index contributed by atoms with van der Waals surface area (Å²) in [4.78, 5) is 28.8. The first kappa shape index (κ1) is 22.3. The van der Waals surface area contributed by atoms with E-state index in [4.69, 9.17) is 9.47 Å². The molecule has 3 rings (SSSR count). The molecule has 1 amide bonds. The minimum absolute atomic E-state index is 0.0429. The zero-order chi connectivity index (χ0) is 21.3. The van der Waals surface area contributed by atoms with Crippen molar-refractivity contribution in [2.24, 2.45) is 5.92 Å². The molecule has 162 valence electrons. The van der Waals surface area contributed by atoms with E-state index in [1.807, 2.05) is 36.6 Å². The van der Waals surface area contributed by atoms with E-state index in [0.29, 0.717) is 24.8 Å². The van der Waals surface area contributed by atoms with Crippen LogP contribution < -0.4 is 10.1 Å². The summed E-state index contributed by atoms with van der Waals surface area (Å²) in [6.45, 7) is 4.65. The minimum Gasteiger partial charge on any atom is -0.486 e. The van der Waals surface area contributed by atoms with Crippen LogP contribution in [0.1, 0.15) is 55.3 Å². The van der Waals surface area contributed by atoms with E-state index < -0.39 is 12.1 Å². The van der Waals surface area contributed by atoms with Crippen LogP contribution in [0.2, 0.25) is 0 Å². The first-order valence-corrected chi connectivity index (χ1v) is 11.5. The van der Waals surface area contributed by atoms with Crippen molar-refractivity contribution >= 4 is 23.2 Å². The molecule has 0 saturated heterocycles. The minimum atomic E-state index is -0.802. The molecular formula is C23H30N2O4S. The Morgan fingerprint density at radius 2 is 1.93 bits per heavy atom. The van der Waals surface area contributed by atoms with E-state index in [-0.39, 0.29) is 12.3 Å². The number of carbonyl (C=O) groups is 2. The number of hydrogen-bond donors (Lipinski definition) is 1. The summed E-state index contributed by atoms with van der Waals surface area (Å²) in [6, 6.07) is 7.82. The normalized spacial score (nSPS) is 15.4. The molecule has 0 radical (unpaired) electrons. The molecule has 1 aromatic heterocycles. The average molecular weight is 431 g/mol. The van der Waals surface area contributed by atoms with Gasteiger partial charge < -0.3 is 14.8 Å². The van der Waals surface area contributed by atoms with Gasteiger partial charge in [-0.2, -0.15) is 0 Å². The number of benzene rings is 1. The van der Waals surface area contributed by atoms with Crippen molar-refractivity contribution in [3.8, 4) is 5.75 Å². The molecule has 30 heavy (non-hydrogen) atoms. The molecule has 0 bridgehead atoms. The van der Waals surface area contributed by atoms with E-state index in [1.54, 1.807) is 6.92 Å². The Morgan fingerprint density at radius 1 is 1.20 bits per heavy atom. The highest BCUT2D eigenvalue weighted by Crippen LogP contribution is 2.22. The number of amides is 1. The van der Waals surface area contributed by atoms with Crippen molar-refractivity contribution in [2.75, 3.05) is 6.54 Å². The molecule has 2 aromatic rings. The number of rotatable bonds is 9. The summed E-state index contributed by atoms with van der Waals surface area (Å²) in [5.41, 5.74) is 1.80. The predicted octanol–water partition coefficient (Wildman–Crippen LogP) is 4.20. The quantitative estimate of drug-likeness (QED) is 0.603. The van der Waals surface area contributed by atoms with Crippen molar-refractivity contribution in [3.63, 3.8) is 0 Å². The van der Waals surface area contributed by atoms with Crippen molar-refractivity contribution in [3.05, 3.63) is 45.9 Å². The molecule has 1 aliphatic carbocycles. The van der Waals surface area contributed by atoms with E-state index in [1.165, 1.54) is 36.2 Å². The van der Waals surface area contributed by atoms with Gasteiger partial charge >= 0.3 is 5.97 Å². The molecule has 7 heteroatoms. The molecule has 1 heterocycles. The first-order chi connectivity index (χ1) is 14.5. The lowest BCUT2D eigenvalue weighted by atomic mass is 9.89. The summed E-state index contributed by atoms with van der Waals surface area (Å²) < 4.78 is 11.0. The van der Waals surface area contributed by atoms with Gasteiger partial charge in [-0.3, -0.25) is 9.59 Å². The van der Waals surface area contributed by atoms with Crippen LogP contribution in [0.25, 0.3) is 0 Å². The molecule has 1 unspecified atom stereocenters. The van der Waals surface area contributed by atoms with E-state index in [9.17, 15) is 9.59 Å². The Kier molecular flexibility index (Phi) is 8.25. The van der Waals surface area contributed by atoms with Crippen molar-refractivity contribution in [2.45, 2.75) is 65.1 Å². The third kappa shape index (κ3) is 7.13. The fourth-order valence-corrected chi connectivity index (χ4v) is 4.20. The van der Waals surface area contributed by atoms with Gasteiger partial charge in [0.15, 0.2) is 6.10 Å². The van der Waals surface area contributed by atoms with Crippen LogP contribution in [0.3, 0.4) is 0 Å². The van der Waals surface area contributed by atoms with Crippen LogP contribution in [-0.2, 0) is 27.4 Å². The van der Waals surface area contributed by atoms with Crippen LogP contribution in [0.5, 0.6) is 5.75 Å². The highest BCUT2D eigenvalue weighted by Gasteiger charge is 2.20. The summed E-state index contributed by atoms with van der Waals surface area (Å²) in [6.07, 6.45) is 5.32. The van der Waals surface area contributed by atoms with Crippen LogP contribution in [0, 0.1) is 12.8 Å². The second-order valence-corrected chi connectivity index (χ2v) is 8.84.